The molecule has 0 aliphatic carbocycles. The minimum Gasteiger partial charge on any atom is -0.319 e. The van der Waals surface area contributed by atoms with Crippen LogP contribution in [0, 0.1) is 6.92 Å². The van der Waals surface area contributed by atoms with Crippen molar-refractivity contribution in [2.24, 2.45) is 0 Å². The predicted molar refractivity (Wildman–Crippen MR) is 85.6 cm³/mol. The minimum absolute atomic E-state index is 0.330. The average molecular weight is 349 g/mol. The molecule has 0 aromatic heterocycles. The standard InChI is InChI=1S/C14H9Cl4NO/c1-7-2-3-11(17)13(12(7)18)19-14(20)8-4-9(15)6-10(16)5-8/h2-6H,1H3,(H,19,20). The Morgan fingerprint density at radius 3 is 2.20 bits per heavy atom. The van der Waals surface area contributed by atoms with E-state index in [9.17, 15) is 4.79 Å². The number of hydrogen-bond acceptors (Lipinski definition) is 1. The Kier molecular flexibility index (Phi) is 4.82. The number of carbonyl (C=O) groups is 1. The summed E-state index contributed by atoms with van der Waals surface area (Å²) in [4.78, 5) is 12.2. The second-order valence-electron chi connectivity index (χ2n) is 4.17. The summed E-state index contributed by atoms with van der Waals surface area (Å²) in [5, 5.41) is 4.19. The average Bonchev–Trinajstić information content (AvgIpc) is 2.38. The Morgan fingerprint density at radius 2 is 1.60 bits per heavy atom. The van der Waals surface area contributed by atoms with Crippen LogP contribution in [0.1, 0.15) is 15.9 Å². The number of nitrogens with one attached hydrogen (secondary N) is 1. The van der Waals surface area contributed by atoms with Crippen LogP contribution in [0.5, 0.6) is 0 Å². The van der Waals surface area contributed by atoms with E-state index < -0.39 is 0 Å². The summed E-state index contributed by atoms with van der Waals surface area (Å²) in [6.07, 6.45) is 0. The van der Waals surface area contributed by atoms with E-state index in [1.165, 1.54) is 12.1 Å². The summed E-state index contributed by atoms with van der Waals surface area (Å²) < 4.78 is 0. The molecular formula is C14H9Cl4NO. The fraction of sp³-hybridized carbons (Fsp3) is 0.0714. The zero-order valence-corrected chi connectivity index (χ0v) is 13.3. The van der Waals surface area contributed by atoms with E-state index in [0.717, 1.165) is 5.56 Å². The van der Waals surface area contributed by atoms with Crippen molar-refractivity contribution in [3.05, 3.63) is 61.5 Å². The van der Waals surface area contributed by atoms with Crippen molar-refractivity contribution in [3.63, 3.8) is 0 Å². The summed E-state index contributed by atoms with van der Waals surface area (Å²) in [6, 6.07) is 8.02. The summed E-state index contributed by atoms with van der Waals surface area (Å²) in [5.74, 6) is -0.385. The Morgan fingerprint density at radius 1 is 1.00 bits per heavy atom. The topological polar surface area (TPSA) is 29.1 Å². The lowest BCUT2D eigenvalue weighted by Crippen LogP contribution is -2.13. The molecule has 0 spiro atoms. The van der Waals surface area contributed by atoms with Crippen LogP contribution in [-0.4, -0.2) is 5.91 Å². The first-order valence-corrected chi connectivity index (χ1v) is 7.11. The first-order valence-electron chi connectivity index (χ1n) is 5.60. The molecule has 2 rings (SSSR count). The van der Waals surface area contributed by atoms with Crippen molar-refractivity contribution in [2.45, 2.75) is 6.92 Å². The van der Waals surface area contributed by atoms with Crippen LogP contribution in [0.2, 0.25) is 20.1 Å². The maximum atomic E-state index is 12.2. The summed E-state index contributed by atoms with van der Waals surface area (Å²) in [5.41, 5.74) is 1.51. The van der Waals surface area contributed by atoms with Gasteiger partial charge in [-0.1, -0.05) is 52.5 Å². The van der Waals surface area contributed by atoms with Gasteiger partial charge in [-0.15, -0.1) is 0 Å². The third kappa shape index (κ3) is 3.39. The predicted octanol–water partition coefficient (Wildman–Crippen LogP) is 5.86. The number of benzene rings is 2. The van der Waals surface area contributed by atoms with Crippen molar-refractivity contribution < 1.29 is 4.79 Å². The molecule has 0 bridgehead atoms. The van der Waals surface area contributed by atoms with Gasteiger partial charge in [-0.3, -0.25) is 4.79 Å². The number of rotatable bonds is 2. The van der Waals surface area contributed by atoms with E-state index in [1.807, 2.05) is 6.92 Å². The molecule has 0 fully saturated rings. The van der Waals surface area contributed by atoms with Gasteiger partial charge in [-0.25, -0.2) is 0 Å². The zero-order chi connectivity index (χ0) is 14.9. The molecule has 104 valence electrons. The Bertz CT molecular complexity index is 665. The van der Waals surface area contributed by atoms with E-state index >= 15 is 0 Å². The quantitative estimate of drug-likeness (QED) is 0.723. The van der Waals surface area contributed by atoms with Gasteiger partial charge in [-0.05, 0) is 36.8 Å². The lowest BCUT2D eigenvalue weighted by atomic mass is 10.2. The molecule has 1 amide bonds. The summed E-state index contributed by atoms with van der Waals surface area (Å²) >= 11 is 23.9. The molecular weight excluding hydrogens is 340 g/mol. The number of hydrogen-bond donors (Lipinski definition) is 1. The Balaban J connectivity index is 2.35. The van der Waals surface area contributed by atoms with Crippen LogP contribution in [0.15, 0.2) is 30.3 Å². The van der Waals surface area contributed by atoms with Crippen LogP contribution in [0.3, 0.4) is 0 Å². The molecule has 0 unspecified atom stereocenters. The molecule has 0 aliphatic heterocycles. The first kappa shape index (κ1) is 15.5. The molecule has 2 aromatic rings. The van der Waals surface area contributed by atoms with Crippen molar-refractivity contribution in [3.8, 4) is 0 Å². The number of anilines is 1. The maximum Gasteiger partial charge on any atom is 0.255 e. The van der Waals surface area contributed by atoms with Gasteiger partial charge in [-0.2, -0.15) is 0 Å². The van der Waals surface area contributed by atoms with Gasteiger partial charge in [0, 0.05) is 15.6 Å². The van der Waals surface area contributed by atoms with E-state index in [0.29, 0.717) is 31.3 Å². The van der Waals surface area contributed by atoms with Crippen molar-refractivity contribution in [1.82, 2.24) is 0 Å². The third-order valence-corrected chi connectivity index (χ3v) is 3.89. The highest BCUT2D eigenvalue weighted by Gasteiger charge is 2.14. The minimum atomic E-state index is -0.385. The van der Waals surface area contributed by atoms with Gasteiger partial charge in [0.1, 0.15) is 0 Å². The smallest absolute Gasteiger partial charge is 0.255 e. The molecule has 1 N–H and O–H groups in total. The third-order valence-electron chi connectivity index (χ3n) is 2.65. The number of carbonyl (C=O) groups excluding carboxylic acids is 1. The molecule has 2 aromatic carbocycles. The van der Waals surface area contributed by atoms with Gasteiger partial charge < -0.3 is 5.32 Å². The van der Waals surface area contributed by atoms with Crippen molar-refractivity contribution >= 4 is 58.0 Å². The van der Waals surface area contributed by atoms with Crippen LogP contribution < -0.4 is 5.32 Å². The van der Waals surface area contributed by atoms with Gasteiger partial charge in [0.2, 0.25) is 0 Å². The fourth-order valence-corrected chi connectivity index (χ4v) is 2.63. The largest absolute Gasteiger partial charge is 0.319 e. The number of aryl methyl sites for hydroxylation is 1. The molecule has 0 radical (unpaired) electrons. The van der Waals surface area contributed by atoms with E-state index in [-0.39, 0.29) is 5.91 Å². The van der Waals surface area contributed by atoms with Crippen LogP contribution in [-0.2, 0) is 0 Å². The summed E-state index contributed by atoms with van der Waals surface area (Å²) in [7, 11) is 0. The molecule has 6 heteroatoms. The lowest BCUT2D eigenvalue weighted by Gasteiger charge is -2.11. The van der Waals surface area contributed by atoms with Crippen LogP contribution in [0.25, 0.3) is 0 Å². The van der Waals surface area contributed by atoms with E-state index in [4.69, 9.17) is 46.4 Å². The van der Waals surface area contributed by atoms with Crippen molar-refractivity contribution in [2.75, 3.05) is 5.32 Å². The highest BCUT2D eigenvalue weighted by Crippen LogP contribution is 2.33. The summed E-state index contributed by atoms with van der Waals surface area (Å²) in [6.45, 7) is 1.82. The number of halogens is 4. The van der Waals surface area contributed by atoms with Crippen LogP contribution >= 0.6 is 46.4 Å². The van der Waals surface area contributed by atoms with E-state index in [1.54, 1.807) is 18.2 Å². The molecule has 2 nitrogen and oxygen atoms in total. The van der Waals surface area contributed by atoms with Gasteiger partial charge >= 0.3 is 0 Å². The second-order valence-corrected chi connectivity index (χ2v) is 5.82. The zero-order valence-electron chi connectivity index (χ0n) is 10.3. The van der Waals surface area contributed by atoms with Crippen LogP contribution in [0.4, 0.5) is 5.69 Å². The maximum absolute atomic E-state index is 12.2. The molecule has 20 heavy (non-hydrogen) atoms. The van der Waals surface area contributed by atoms with E-state index in [2.05, 4.69) is 5.32 Å². The highest BCUT2D eigenvalue weighted by atomic mass is 35.5. The second kappa shape index (κ2) is 6.23. The van der Waals surface area contributed by atoms with Gasteiger partial charge in [0.05, 0.1) is 15.7 Å². The SMILES string of the molecule is Cc1ccc(Cl)c(NC(=O)c2cc(Cl)cc(Cl)c2)c1Cl. The molecule has 0 heterocycles. The van der Waals surface area contributed by atoms with Gasteiger partial charge in [0.15, 0.2) is 0 Å². The number of amides is 1. The Labute approximate surface area is 136 Å². The van der Waals surface area contributed by atoms with Gasteiger partial charge in [0.25, 0.3) is 5.91 Å². The van der Waals surface area contributed by atoms with Crippen molar-refractivity contribution in [1.29, 1.82) is 0 Å². The molecule has 0 atom stereocenters. The highest BCUT2D eigenvalue weighted by molar-refractivity contribution is 6.40. The fourth-order valence-electron chi connectivity index (χ4n) is 1.64. The molecule has 0 saturated carbocycles. The normalized spacial score (nSPS) is 10.4. The first-order chi connectivity index (χ1) is 9.38. The monoisotopic (exact) mass is 347 g/mol. The molecule has 0 aliphatic rings. The Hall–Kier alpha value is -0.930. The molecule has 0 saturated heterocycles. The lowest BCUT2D eigenvalue weighted by molar-refractivity contribution is 0.102.